The topological polar surface area (TPSA) is 24.9 Å². The zero-order valence-electron chi connectivity index (χ0n) is 14.8. The summed E-state index contributed by atoms with van der Waals surface area (Å²) in [5.74, 6) is 0.933. The second-order valence-corrected chi connectivity index (χ2v) is 7.11. The van der Waals surface area contributed by atoms with Crippen molar-refractivity contribution in [3.63, 3.8) is 0 Å². The van der Waals surface area contributed by atoms with Gasteiger partial charge in [0.2, 0.25) is 0 Å². The van der Waals surface area contributed by atoms with Crippen LogP contribution in [0.3, 0.4) is 0 Å². The monoisotopic (exact) mass is 318 g/mol. The molecule has 0 unspecified atom stereocenters. The average molecular weight is 318 g/mol. The third-order valence-corrected chi connectivity index (χ3v) is 5.95. The van der Waals surface area contributed by atoms with Crippen molar-refractivity contribution in [3.8, 4) is 5.75 Å². The maximum absolute atomic E-state index is 5.39. The number of piperidine rings is 1. The van der Waals surface area contributed by atoms with Gasteiger partial charge in [0, 0.05) is 38.3 Å². The highest BCUT2D eigenvalue weighted by molar-refractivity contribution is 5.27. The molecule has 2 aliphatic heterocycles. The molecule has 23 heavy (non-hydrogen) atoms. The molecule has 128 valence electrons. The molecule has 2 fully saturated rings. The smallest absolute Gasteiger partial charge is 0.118 e. The van der Waals surface area contributed by atoms with Crippen molar-refractivity contribution in [1.82, 2.24) is 9.80 Å². The molecule has 0 N–H and O–H groups in total. The zero-order valence-corrected chi connectivity index (χ0v) is 14.8. The van der Waals surface area contributed by atoms with Crippen LogP contribution in [0.25, 0.3) is 0 Å². The van der Waals surface area contributed by atoms with Gasteiger partial charge in [0.25, 0.3) is 0 Å². The maximum Gasteiger partial charge on any atom is 0.118 e. The van der Waals surface area contributed by atoms with E-state index in [9.17, 15) is 0 Å². The zero-order chi connectivity index (χ0) is 16.3. The Morgan fingerprint density at radius 1 is 1.09 bits per heavy atom. The average Bonchev–Trinajstić information content (AvgIpc) is 2.88. The number of nitrogens with zero attached hydrogens (tertiary/aromatic N) is 2. The molecule has 1 atom stereocenters. The van der Waals surface area contributed by atoms with Crippen molar-refractivity contribution in [1.29, 1.82) is 0 Å². The van der Waals surface area contributed by atoms with Crippen molar-refractivity contribution in [2.75, 3.05) is 41.0 Å². The fourth-order valence-electron chi connectivity index (χ4n) is 4.30. The van der Waals surface area contributed by atoms with Crippen molar-refractivity contribution in [2.45, 2.75) is 43.8 Å². The van der Waals surface area contributed by atoms with Gasteiger partial charge in [-0.05, 0) is 50.4 Å². The van der Waals surface area contributed by atoms with E-state index < -0.39 is 0 Å². The van der Waals surface area contributed by atoms with E-state index in [1.165, 1.54) is 44.3 Å². The predicted octanol–water partition coefficient (Wildman–Crippen LogP) is 2.77. The molecule has 0 amide bonds. The van der Waals surface area contributed by atoms with Crippen LogP contribution in [-0.2, 0) is 11.3 Å². The summed E-state index contributed by atoms with van der Waals surface area (Å²) >= 11 is 0. The Hall–Kier alpha value is -1.10. The summed E-state index contributed by atoms with van der Waals surface area (Å²) in [5, 5.41) is 0. The van der Waals surface area contributed by atoms with E-state index in [-0.39, 0.29) is 0 Å². The van der Waals surface area contributed by atoms with Gasteiger partial charge in [0.1, 0.15) is 5.75 Å². The van der Waals surface area contributed by atoms with Gasteiger partial charge in [-0.15, -0.1) is 0 Å². The minimum Gasteiger partial charge on any atom is -0.497 e. The lowest BCUT2D eigenvalue weighted by Crippen LogP contribution is -2.52. The van der Waals surface area contributed by atoms with Gasteiger partial charge in [-0.2, -0.15) is 0 Å². The minimum absolute atomic E-state index is 0.416. The summed E-state index contributed by atoms with van der Waals surface area (Å²) in [7, 11) is 5.83. The summed E-state index contributed by atoms with van der Waals surface area (Å²) in [6.07, 6.45) is 5.16. The van der Waals surface area contributed by atoms with E-state index in [4.69, 9.17) is 9.47 Å². The van der Waals surface area contributed by atoms with Gasteiger partial charge in [0.05, 0.1) is 13.7 Å². The standard InChI is InChI=1S/C19H30N2O2/c1-20-17(15-22-2)8-9-19(20)10-12-21(13-11-19)14-16-4-6-18(23-3)7-5-16/h4-7,17H,8-15H2,1-3H3/t17-/m1/s1. The van der Waals surface area contributed by atoms with Gasteiger partial charge in [-0.3, -0.25) is 9.80 Å². The van der Waals surface area contributed by atoms with Gasteiger partial charge < -0.3 is 9.47 Å². The van der Waals surface area contributed by atoms with E-state index in [0.717, 1.165) is 18.9 Å². The number of methoxy groups -OCH3 is 2. The van der Waals surface area contributed by atoms with Crippen molar-refractivity contribution >= 4 is 0 Å². The Labute approximate surface area is 140 Å². The number of likely N-dealkylation sites (tertiary alicyclic amines) is 2. The van der Waals surface area contributed by atoms with Crippen LogP contribution in [-0.4, -0.2) is 62.3 Å². The first-order valence-electron chi connectivity index (χ1n) is 8.74. The number of likely N-dealkylation sites (N-methyl/N-ethyl adjacent to an activating group) is 1. The van der Waals surface area contributed by atoms with E-state index >= 15 is 0 Å². The number of benzene rings is 1. The molecular weight excluding hydrogens is 288 g/mol. The molecule has 2 heterocycles. The molecule has 4 nitrogen and oxygen atoms in total. The molecule has 0 bridgehead atoms. The lowest BCUT2D eigenvalue weighted by Gasteiger charge is -2.45. The highest BCUT2D eigenvalue weighted by Crippen LogP contribution is 2.40. The van der Waals surface area contributed by atoms with Crippen LogP contribution in [0.15, 0.2) is 24.3 Å². The molecule has 2 aliphatic rings. The largest absolute Gasteiger partial charge is 0.497 e. The highest BCUT2D eigenvalue weighted by Gasteiger charge is 2.45. The van der Waals surface area contributed by atoms with Crippen LogP contribution < -0.4 is 4.74 Å². The minimum atomic E-state index is 0.416. The van der Waals surface area contributed by atoms with Crippen LogP contribution >= 0.6 is 0 Å². The molecule has 0 aliphatic carbocycles. The Morgan fingerprint density at radius 3 is 2.39 bits per heavy atom. The Morgan fingerprint density at radius 2 is 1.78 bits per heavy atom. The molecule has 0 radical (unpaired) electrons. The van der Waals surface area contributed by atoms with Crippen LogP contribution in [0.2, 0.25) is 0 Å². The third kappa shape index (κ3) is 3.54. The maximum atomic E-state index is 5.39. The van der Waals surface area contributed by atoms with Gasteiger partial charge in [0.15, 0.2) is 0 Å². The second kappa shape index (κ2) is 7.20. The molecule has 4 heteroatoms. The molecule has 2 saturated heterocycles. The Kier molecular flexibility index (Phi) is 5.24. The van der Waals surface area contributed by atoms with Gasteiger partial charge in [-0.1, -0.05) is 12.1 Å². The van der Waals surface area contributed by atoms with Crippen molar-refractivity contribution in [3.05, 3.63) is 29.8 Å². The second-order valence-electron chi connectivity index (χ2n) is 7.11. The summed E-state index contributed by atoms with van der Waals surface area (Å²) in [6, 6.07) is 9.08. The quantitative estimate of drug-likeness (QED) is 0.833. The van der Waals surface area contributed by atoms with Crippen molar-refractivity contribution < 1.29 is 9.47 Å². The number of ether oxygens (including phenoxy) is 2. The summed E-state index contributed by atoms with van der Waals surface area (Å²) < 4.78 is 10.6. The fraction of sp³-hybridized carbons (Fsp3) is 0.684. The SMILES string of the molecule is COC[C@H]1CCC2(CCN(Cc3ccc(OC)cc3)CC2)N1C. The first-order chi connectivity index (χ1) is 11.2. The van der Waals surface area contributed by atoms with E-state index in [0.29, 0.717) is 11.6 Å². The fourth-order valence-corrected chi connectivity index (χ4v) is 4.30. The number of hydrogen-bond acceptors (Lipinski definition) is 4. The predicted molar refractivity (Wildman–Crippen MR) is 92.9 cm³/mol. The van der Waals surface area contributed by atoms with Crippen LogP contribution in [0.4, 0.5) is 0 Å². The molecule has 1 aromatic rings. The molecule has 3 rings (SSSR count). The molecular formula is C19H30N2O2. The summed E-state index contributed by atoms with van der Waals surface area (Å²) in [4.78, 5) is 5.20. The first-order valence-corrected chi connectivity index (χ1v) is 8.74. The van der Waals surface area contributed by atoms with Crippen LogP contribution in [0.1, 0.15) is 31.2 Å². The van der Waals surface area contributed by atoms with E-state index in [1.807, 2.05) is 7.11 Å². The summed E-state index contributed by atoms with van der Waals surface area (Å²) in [5.41, 5.74) is 1.79. The molecule has 1 spiro atoms. The van der Waals surface area contributed by atoms with E-state index in [1.54, 1.807) is 7.11 Å². The molecule has 0 aromatic heterocycles. The van der Waals surface area contributed by atoms with Gasteiger partial charge >= 0.3 is 0 Å². The number of rotatable bonds is 5. The normalized spacial score (nSPS) is 25.1. The number of hydrogen-bond donors (Lipinski definition) is 0. The Balaban J connectivity index is 1.54. The van der Waals surface area contributed by atoms with Crippen LogP contribution in [0, 0.1) is 0 Å². The third-order valence-electron chi connectivity index (χ3n) is 5.95. The first kappa shape index (κ1) is 16.7. The van der Waals surface area contributed by atoms with Gasteiger partial charge in [-0.25, -0.2) is 0 Å². The summed E-state index contributed by atoms with van der Waals surface area (Å²) in [6.45, 7) is 4.30. The van der Waals surface area contributed by atoms with E-state index in [2.05, 4.69) is 41.1 Å². The lowest BCUT2D eigenvalue weighted by atomic mass is 9.85. The highest BCUT2D eigenvalue weighted by atomic mass is 16.5. The Bertz CT molecular complexity index is 495. The van der Waals surface area contributed by atoms with Crippen LogP contribution in [0.5, 0.6) is 5.75 Å². The van der Waals surface area contributed by atoms with Crippen molar-refractivity contribution in [2.24, 2.45) is 0 Å². The molecule has 1 aromatic carbocycles. The lowest BCUT2D eigenvalue weighted by molar-refractivity contribution is 0.0282. The molecule has 0 saturated carbocycles.